The molecule has 1 fully saturated rings. The highest BCUT2D eigenvalue weighted by Gasteiger charge is 2.35. The first kappa shape index (κ1) is 17.5. The zero-order valence-corrected chi connectivity index (χ0v) is 15.3. The SMILES string of the molecule is CC1(c2ccccc2)CCCN(C(=O)c2cnn(-c3ccccc3F)c2)C1. The summed E-state index contributed by atoms with van der Waals surface area (Å²) in [6.45, 7) is 3.61. The number of benzene rings is 2. The molecule has 138 valence electrons. The summed E-state index contributed by atoms with van der Waals surface area (Å²) in [5.41, 5.74) is 2.01. The second kappa shape index (κ2) is 6.99. The van der Waals surface area contributed by atoms with Crippen LogP contribution in [0.15, 0.2) is 67.0 Å². The van der Waals surface area contributed by atoms with Gasteiger partial charge in [-0.05, 0) is 30.5 Å². The van der Waals surface area contributed by atoms with Gasteiger partial charge in [0.1, 0.15) is 11.5 Å². The lowest BCUT2D eigenvalue weighted by atomic mass is 9.76. The van der Waals surface area contributed by atoms with Gasteiger partial charge in [-0.15, -0.1) is 0 Å². The number of nitrogens with zero attached hydrogens (tertiary/aromatic N) is 3. The maximum Gasteiger partial charge on any atom is 0.257 e. The normalized spacial score (nSPS) is 19.9. The Balaban J connectivity index is 1.56. The van der Waals surface area contributed by atoms with Gasteiger partial charge in [-0.2, -0.15) is 5.10 Å². The topological polar surface area (TPSA) is 38.1 Å². The van der Waals surface area contributed by atoms with E-state index in [-0.39, 0.29) is 17.1 Å². The van der Waals surface area contributed by atoms with E-state index in [1.807, 2.05) is 23.1 Å². The van der Waals surface area contributed by atoms with Crippen LogP contribution in [-0.2, 0) is 5.41 Å². The van der Waals surface area contributed by atoms with Gasteiger partial charge < -0.3 is 4.90 Å². The molecule has 0 radical (unpaired) electrons. The van der Waals surface area contributed by atoms with Crippen LogP contribution in [0.5, 0.6) is 0 Å². The number of amides is 1. The largest absolute Gasteiger partial charge is 0.338 e. The van der Waals surface area contributed by atoms with E-state index in [0.29, 0.717) is 17.8 Å². The molecule has 5 heteroatoms. The Bertz CT molecular complexity index is 953. The van der Waals surface area contributed by atoms with E-state index in [2.05, 4.69) is 24.2 Å². The third-order valence-electron chi connectivity index (χ3n) is 5.38. The van der Waals surface area contributed by atoms with Gasteiger partial charge in [-0.25, -0.2) is 9.07 Å². The molecule has 1 aliphatic rings. The van der Waals surface area contributed by atoms with Crippen LogP contribution in [0.3, 0.4) is 0 Å². The third-order valence-corrected chi connectivity index (χ3v) is 5.38. The second-order valence-corrected chi connectivity index (χ2v) is 7.38. The fraction of sp³-hybridized carbons (Fsp3) is 0.273. The standard InChI is InChI=1S/C22H22FN3O/c1-22(18-8-3-2-4-9-18)12-7-13-25(16-22)21(27)17-14-24-26(15-17)20-11-6-5-10-19(20)23/h2-6,8-11,14-15H,7,12-13,16H2,1H3. The first-order chi connectivity index (χ1) is 13.1. The predicted molar refractivity (Wildman–Crippen MR) is 102 cm³/mol. The molecular weight excluding hydrogens is 341 g/mol. The van der Waals surface area contributed by atoms with Crippen molar-refractivity contribution in [3.05, 3.63) is 83.9 Å². The van der Waals surface area contributed by atoms with Crippen LogP contribution in [0, 0.1) is 5.82 Å². The molecule has 1 aliphatic heterocycles. The molecule has 0 bridgehead atoms. The Hall–Kier alpha value is -2.95. The summed E-state index contributed by atoms with van der Waals surface area (Å²) < 4.78 is 15.4. The van der Waals surface area contributed by atoms with Gasteiger partial charge >= 0.3 is 0 Å². The molecule has 2 aromatic carbocycles. The molecule has 3 aromatic rings. The van der Waals surface area contributed by atoms with Gasteiger partial charge in [0.25, 0.3) is 5.91 Å². The van der Waals surface area contributed by atoms with Crippen LogP contribution in [0.1, 0.15) is 35.7 Å². The van der Waals surface area contributed by atoms with Crippen LogP contribution in [0.25, 0.3) is 5.69 Å². The zero-order valence-electron chi connectivity index (χ0n) is 15.3. The Kier molecular flexibility index (Phi) is 4.52. The van der Waals surface area contributed by atoms with Crippen molar-refractivity contribution in [2.45, 2.75) is 25.2 Å². The number of hydrogen-bond acceptors (Lipinski definition) is 2. The van der Waals surface area contributed by atoms with Crippen LogP contribution in [0.2, 0.25) is 0 Å². The summed E-state index contributed by atoms with van der Waals surface area (Å²) in [6, 6.07) is 16.8. The smallest absolute Gasteiger partial charge is 0.257 e. The van der Waals surface area contributed by atoms with E-state index >= 15 is 0 Å². The molecule has 1 unspecified atom stereocenters. The molecule has 0 aliphatic carbocycles. The van der Waals surface area contributed by atoms with Crippen molar-refractivity contribution in [3.8, 4) is 5.69 Å². The lowest BCUT2D eigenvalue weighted by Crippen LogP contribution is -2.47. The summed E-state index contributed by atoms with van der Waals surface area (Å²) in [5.74, 6) is -0.423. The number of halogens is 1. The third kappa shape index (κ3) is 3.37. The minimum Gasteiger partial charge on any atom is -0.338 e. The fourth-order valence-electron chi connectivity index (χ4n) is 3.87. The molecule has 27 heavy (non-hydrogen) atoms. The van der Waals surface area contributed by atoms with Crippen LogP contribution in [-0.4, -0.2) is 33.7 Å². The molecule has 0 saturated carbocycles. The van der Waals surface area contributed by atoms with Crippen molar-refractivity contribution in [1.29, 1.82) is 0 Å². The maximum atomic E-state index is 14.0. The molecule has 0 spiro atoms. The lowest BCUT2D eigenvalue weighted by molar-refractivity contribution is 0.0651. The van der Waals surface area contributed by atoms with Crippen LogP contribution < -0.4 is 0 Å². The summed E-state index contributed by atoms with van der Waals surface area (Å²) >= 11 is 0. The minimum atomic E-state index is -0.366. The zero-order chi connectivity index (χ0) is 18.9. The molecule has 2 heterocycles. The quantitative estimate of drug-likeness (QED) is 0.699. The summed E-state index contributed by atoms with van der Waals surface area (Å²) in [6.07, 6.45) is 5.13. The molecule has 1 saturated heterocycles. The fourth-order valence-corrected chi connectivity index (χ4v) is 3.87. The Morgan fingerprint density at radius 2 is 1.85 bits per heavy atom. The first-order valence-electron chi connectivity index (χ1n) is 9.21. The van der Waals surface area contributed by atoms with Crippen molar-refractivity contribution in [1.82, 2.24) is 14.7 Å². The molecular formula is C22H22FN3O. The second-order valence-electron chi connectivity index (χ2n) is 7.38. The van der Waals surface area contributed by atoms with Gasteiger partial charge in [-0.3, -0.25) is 4.79 Å². The number of likely N-dealkylation sites (tertiary alicyclic amines) is 1. The highest BCUT2D eigenvalue weighted by atomic mass is 19.1. The van der Waals surface area contributed by atoms with Gasteiger partial charge in [0.2, 0.25) is 0 Å². The molecule has 4 nitrogen and oxygen atoms in total. The highest BCUT2D eigenvalue weighted by molar-refractivity contribution is 5.94. The number of para-hydroxylation sites is 1. The monoisotopic (exact) mass is 363 g/mol. The maximum absolute atomic E-state index is 14.0. The van der Waals surface area contributed by atoms with E-state index in [9.17, 15) is 9.18 Å². The molecule has 1 atom stereocenters. The van der Waals surface area contributed by atoms with Crippen molar-refractivity contribution < 1.29 is 9.18 Å². The average molecular weight is 363 g/mol. The van der Waals surface area contributed by atoms with E-state index < -0.39 is 0 Å². The van der Waals surface area contributed by atoms with Gasteiger partial charge in [0, 0.05) is 24.7 Å². The number of carbonyl (C=O) groups is 1. The van der Waals surface area contributed by atoms with E-state index in [1.54, 1.807) is 24.4 Å². The van der Waals surface area contributed by atoms with Crippen molar-refractivity contribution in [2.75, 3.05) is 13.1 Å². The van der Waals surface area contributed by atoms with Crippen molar-refractivity contribution in [2.24, 2.45) is 0 Å². The summed E-state index contributed by atoms with van der Waals surface area (Å²) in [4.78, 5) is 14.9. The number of aromatic nitrogens is 2. The average Bonchev–Trinajstić information content (AvgIpc) is 3.18. The van der Waals surface area contributed by atoms with Crippen molar-refractivity contribution in [3.63, 3.8) is 0 Å². The number of carbonyl (C=O) groups excluding carboxylic acids is 1. The molecule has 4 rings (SSSR count). The van der Waals surface area contributed by atoms with Gasteiger partial charge in [0.05, 0.1) is 11.8 Å². The predicted octanol–water partition coefficient (Wildman–Crippen LogP) is 4.21. The van der Waals surface area contributed by atoms with Crippen LogP contribution >= 0.6 is 0 Å². The molecule has 1 aromatic heterocycles. The van der Waals surface area contributed by atoms with E-state index in [1.165, 1.54) is 22.5 Å². The van der Waals surface area contributed by atoms with E-state index in [0.717, 1.165) is 19.4 Å². The summed E-state index contributed by atoms with van der Waals surface area (Å²) in [7, 11) is 0. The lowest BCUT2D eigenvalue weighted by Gasteiger charge is -2.40. The number of rotatable bonds is 3. The number of hydrogen-bond donors (Lipinski definition) is 0. The molecule has 0 N–H and O–H groups in total. The molecule has 1 amide bonds. The Morgan fingerprint density at radius 3 is 2.63 bits per heavy atom. The van der Waals surface area contributed by atoms with Crippen molar-refractivity contribution >= 4 is 5.91 Å². The van der Waals surface area contributed by atoms with Gasteiger partial charge in [0.15, 0.2) is 0 Å². The first-order valence-corrected chi connectivity index (χ1v) is 9.21. The van der Waals surface area contributed by atoms with Gasteiger partial charge in [-0.1, -0.05) is 49.4 Å². The Labute approximate surface area is 158 Å². The van der Waals surface area contributed by atoms with E-state index in [4.69, 9.17) is 0 Å². The minimum absolute atomic E-state index is 0.0561. The Morgan fingerprint density at radius 1 is 1.11 bits per heavy atom. The highest BCUT2D eigenvalue weighted by Crippen LogP contribution is 2.34. The number of piperidine rings is 1. The van der Waals surface area contributed by atoms with Crippen LogP contribution in [0.4, 0.5) is 4.39 Å². The summed E-state index contributed by atoms with van der Waals surface area (Å²) in [5, 5.41) is 4.19.